The summed E-state index contributed by atoms with van der Waals surface area (Å²) in [6, 6.07) is 3.68. The Labute approximate surface area is 111 Å². The largest absolute Gasteiger partial charge is 0.383 e. The molecule has 90 valence electrons. The normalized spacial score (nSPS) is 10.7. The number of hydrogen-bond acceptors (Lipinski definition) is 4. The summed E-state index contributed by atoms with van der Waals surface area (Å²) in [5.74, 6) is -0.0134. The minimum absolute atomic E-state index is 0.0134. The second-order valence-corrected chi connectivity index (χ2v) is 5.17. The monoisotopic (exact) mass is 314 g/mol. The van der Waals surface area contributed by atoms with Crippen LogP contribution in [0.5, 0.6) is 0 Å². The highest BCUT2D eigenvalue weighted by Crippen LogP contribution is 2.22. The Bertz CT molecular complexity index is 508. The second kappa shape index (κ2) is 5.57. The van der Waals surface area contributed by atoms with Gasteiger partial charge >= 0.3 is 0 Å². The molecule has 2 heterocycles. The van der Waals surface area contributed by atoms with Crippen molar-refractivity contribution in [3.63, 3.8) is 0 Å². The zero-order valence-corrected chi connectivity index (χ0v) is 11.6. The van der Waals surface area contributed by atoms with Crippen LogP contribution >= 0.6 is 27.3 Å². The van der Waals surface area contributed by atoms with Crippen LogP contribution in [0, 0.1) is 0 Å². The lowest BCUT2D eigenvalue weighted by molar-refractivity contribution is 0.102. The van der Waals surface area contributed by atoms with E-state index in [1.165, 1.54) is 11.3 Å². The highest BCUT2D eigenvalue weighted by Gasteiger charge is 2.19. The van der Waals surface area contributed by atoms with Gasteiger partial charge in [0.05, 0.1) is 28.7 Å². The van der Waals surface area contributed by atoms with E-state index in [1.807, 2.05) is 17.5 Å². The van der Waals surface area contributed by atoms with Gasteiger partial charge in [-0.15, -0.1) is 11.3 Å². The fraction of sp³-hybridized carbons (Fsp3) is 0.273. The van der Waals surface area contributed by atoms with E-state index in [0.29, 0.717) is 28.2 Å². The molecule has 0 aliphatic carbocycles. The van der Waals surface area contributed by atoms with Crippen molar-refractivity contribution < 1.29 is 9.53 Å². The number of ether oxygens (including phenoxy) is 1. The van der Waals surface area contributed by atoms with Crippen molar-refractivity contribution in [1.29, 1.82) is 0 Å². The molecule has 0 fully saturated rings. The van der Waals surface area contributed by atoms with Crippen LogP contribution < -0.4 is 0 Å². The van der Waals surface area contributed by atoms with Crippen LogP contribution in [0.3, 0.4) is 0 Å². The predicted octanol–water partition coefficient (Wildman–Crippen LogP) is 2.58. The Morgan fingerprint density at radius 2 is 2.47 bits per heavy atom. The maximum absolute atomic E-state index is 12.3. The van der Waals surface area contributed by atoms with Crippen molar-refractivity contribution in [3.8, 4) is 0 Å². The van der Waals surface area contributed by atoms with Gasteiger partial charge in [0.25, 0.3) is 0 Å². The number of rotatable bonds is 5. The van der Waals surface area contributed by atoms with Crippen molar-refractivity contribution >= 4 is 33.0 Å². The van der Waals surface area contributed by atoms with Crippen LogP contribution in [-0.4, -0.2) is 29.3 Å². The lowest BCUT2D eigenvalue weighted by Gasteiger charge is -2.05. The summed E-state index contributed by atoms with van der Waals surface area (Å²) in [6.07, 6.45) is 1.64. The van der Waals surface area contributed by atoms with Crippen molar-refractivity contribution in [1.82, 2.24) is 9.78 Å². The second-order valence-electron chi connectivity index (χ2n) is 3.36. The third-order valence-corrected chi connectivity index (χ3v) is 3.71. The number of thiophene rings is 1. The number of halogens is 1. The fourth-order valence-electron chi connectivity index (χ4n) is 1.46. The number of carbonyl (C=O) groups excluding carboxylic acids is 1. The summed E-state index contributed by atoms with van der Waals surface area (Å²) < 4.78 is 7.37. The molecule has 0 saturated heterocycles. The van der Waals surface area contributed by atoms with Crippen molar-refractivity contribution in [3.05, 3.63) is 38.8 Å². The Morgan fingerprint density at radius 1 is 1.65 bits per heavy atom. The Hall–Kier alpha value is -0.980. The van der Waals surface area contributed by atoms with E-state index in [4.69, 9.17) is 4.74 Å². The zero-order valence-electron chi connectivity index (χ0n) is 9.22. The average Bonchev–Trinajstić information content (AvgIpc) is 2.95. The van der Waals surface area contributed by atoms with Crippen LogP contribution in [0.2, 0.25) is 0 Å². The summed E-state index contributed by atoms with van der Waals surface area (Å²) in [4.78, 5) is 13.0. The Morgan fingerprint density at radius 3 is 3.12 bits per heavy atom. The smallest absolute Gasteiger partial charge is 0.222 e. The molecule has 2 aromatic rings. The fourth-order valence-corrected chi connectivity index (χ4v) is 2.60. The predicted molar refractivity (Wildman–Crippen MR) is 69.6 cm³/mol. The number of hydrogen-bond donors (Lipinski definition) is 0. The number of carbonyl (C=O) groups is 1. The average molecular weight is 315 g/mol. The quantitative estimate of drug-likeness (QED) is 0.797. The lowest BCUT2D eigenvalue weighted by Crippen LogP contribution is -2.14. The van der Waals surface area contributed by atoms with Gasteiger partial charge in [-0.05, 0) is 27.4 Å². The molecular formula is C11H11BrN2O2S. The van der Waals surface area contributed by atoms with Crippen LogP contribution in [0.1, 0.15) is 15.4 Å². The summed E-state index contributed by atoms with van der Waals surface area (Å²) in [5, 5.41) is 6.04. The summed E-state index contributed by atoms with van der Waals surface area (Å²) >= 11 is 4.78. The maximum atomic E-state index is 12.3. The molecule has 4 nitrogen and oxygen atoms in total. The summed E-state index contributed by atoms with van der Waals surface area (Å²) in [6.45, 7) is 1.09. The zero-order chi connectivity index (χ0) is 12.3. The van der Waals surface area contributed by atoms with Crippen LogP contribution in [-0.2, 0) is 11.3 Å². The van der Waals surface area contributed by atoms with Crippen LogP contribution in [0.25, 0.3) is 0 Å². The molecule has 0 atom stereocenters. The van der Waals surface area contributed by atoms with Gasteiger partial charge in [-0.1, -0.05) is 6.07 Å². The number of methoxy groups -OCH3 is 1. The topological polar surface area (TPSA) is 44.1 Å². The summed E-state index contributed by atoms with van der Waals surface area (Å²) in [7, 11) is 1.62. The van der Waals surface area contributed by atoms with Crippen molar-refractivity contribution in [2.75, 3.05) is 13.7 Å². The molecule has 2 aromatic heterocycles. The van der Waals surface area contributed by atoms with Crippen LogP contribution in [0.4, 0.5) is 0 Å². The van der Waals surface area contributed by atoms with E-state index >= 15 is 0 Å². The first kappa shape index (κ1) is 12.5. The number of nitrogens with zero attached hydrogens (tertiary/aromatic N) is 2. The van der Waals surface area contributed by atoms with Gasteiger partial charge in [0.15, 0.2) is 0 Å². The van der Waals surface area contributed by atoms with Gasteiger partial charge in [-0.25, -0.2) is 0 Å². The highest BCUT2D eigenvalue weighted by atomic mass is 79.9. The standard InChI is InChI=1S/C11H11BrN2O2S/c1-16-5-4-14-10(8(12)7-13-14)11(15)9-3-2-6-17-9/h2-3,6-7H,4-5H2,1H3. The van der Waals surface area contributed by atoms with Gasteiger partial charge in [-0.3, -0.25) is 9.48 Å². The first-order valence-corrected chi connectivity index (χ1v) is 6.69. The van der Waals surface area contributed by atoms with E-state index in [2.05, 4.69) is 21.0 Å². The molecule has 0 saturated carbocycles. The van der Waals surface area contributed by atoms with Gasteiger partial charge < -0.3 is 4.74 Å². The van der Waals surface area contributed by atoms with Gasteiger partial charge in [0.1, 0.15) is 5.69 Å². The SMILES string of the molecule is COCCn1ncc(Br)c1C(=O)c1cccs1. The Kier molecular flexibility index (Phi) is 4.09. The molecule has 0 aromatic carbocycles. The van der Waals surface area contributed by atoms with E-state index in [-0.39, 0.29) is 5.78 Å². The van der Waals surface area contributed by atoms with Gasteiger partial charge in [-0.2, -0.15) is 5.10 Å². The molecule has 0 N–H and O–H groups in total. The first-order valence-electron chi connectivity index (χ1n) is 5.02. The van der Waals surface area contributed by atoms with Gasteiger partial charge in [0.2, 0.25) is 5.78 Å². The molecule has 2 rings (SSSR count). The number of aromatic nitrogens is 2. The van der Waals surface area contributed by atoms with Gasteiger partial charge in [0, 0.05) is 7.11 Å². The lowest BCUT2D eigenvalue weighted by atomic mass is 10.2. The van der Waals surface area contributed by atoms with E-state index in [0.717, 1.165) is 0 Å². The molecule has 0 amide bonds. The van der Waals surface area contributed by atoms with E-state index in [1.54, 1.807) is 18.0 Å². The molecule has 0 radical (unpaired) electrons. The minimum Gasteiger partial charge on any atom is -0.383 e. The third kappa shape index (κ3) is 2.65. The third-order valence-electron chi connectivity index (χ3n) is 2.26. The minimum atomic E-state index is -0.0134. The van der Waals surface area contributed by atoms with Crippen molar-refractivity contribution in [2.45, 2.75) is 6.54 Å². The maximum Gasteiger partial charge on any atom is 0.222 e. The van der Waals surface area contributed by atoms with E-state index in [9.17, 15) is 4.79 Å². The highest BCUT2D eigenvalue weighted by molar-refractivity contribution is 9.10. The van der Waals surface area contributed by atoms with Crippen molar-refractivity contribution in [2.24, 2.45) is 0 Å². The molecule has 0 aliphatic rings. The molecule has 17 heavy (non-hydrogen) atoms. The van der Waals surface area contributed by atoms with E-state index < -0.39 is 0 Å². The first-order chi connectivity index (χ1) is 8.24. The summed E-state index contributed by atoms with van der Waals surface area (Å²) in [5.41, 5.74) is 0.574. The molecule has 0 spiro atoms. The Balaban J connectivity index is 2.31. The molecular weight excluding hydrogens is 304 g/mol. The number of ketones is 1. The molecule has 0 aliphatic heterocycles. The van der Waals surface area contributed by atoms with Crippen LogP contribution in [0.15, 0.2) is 28.2 Å². The molecule has 0 bridgehead atoms. The molecule has 6 heteroatoms. The molecule has 0 unspecified atom stereocenters.